The van der Waals surface area contributed by atoms with E-state index in [0.29, 0.717) is 0 Å². The van der Waals surface area contributed by atoms with E-state index in [0.717, 1.165) is 32.5 Å². The van der Waals surface area contributed by atoms with Crippen molar-refractivity contribution in [3.8, 4) is 0 Å². The first-order chi connectivity index (χ1) is 9.89. The van der Waals surface area contributed by atoms with Crippen LogP contribution in [0.5, 0.6) is 0 Å². The van der Waals surface area contributed by atoms with Crippen LogP contribution in [0.15, 0.2) is 60.7 Å². The smallest absolute Gasteiger partial charge is 0.0461 e. The molecule has 0 amide bonds. The Labute approximate surface area is 121 Å². The van der Waals surface area contributed by atoms with Crippen molar-refractivity contribution in [1.29, 1.82) is 0 Å². The van der Waals surface area contributed by atoms with Crippen molar-refractivity contribution in [1.82, 2.24) is 10.6 Å². The van der Waals surface area contributed by atoms with Gasteiger partial charge in [0, 0.05) is 12.1 Å². The van der Waals surface area contributed by atoms with Crippen molar-refractivity contribution < 1.29 is 0 Å². The summed E-state index contributed by atoms with van der Waals surface area (Å²) in [5.74, 6) is 0. The molecule has 104 valence electrons. The molecule has 1 aliphatic rings. The van der Waals surface area contributed by atoms with Crippen LogP contribution in [0.1, 0.15) is 24.0 Å². The summed E-state index contributed by atoms with van der Waals surface area (Å²) in [5, 5.41) is 7.30. The molecule has 2 N–H and O–H groups in total. The normalized spacial score (nSPS) is 17.8. The molecule has 2 nitrogen and oxygen atoms in total. The van der Waals surface area contributed by atoms with Crippen molar-refractivity contribution in [2.24, 2.45) is 0 Å². The van der Waals surface area contributed by atoms with E-state index in [1.807, 2.05) is 0 Å². The Balaban J connectivity index is 1.80. The van der Waals surface area contributed by atoms with E-state index >= 15 is 0 Å². The molecule has 1 heterocycles. The van der Waals surface area contributed by atoms with Crippen LogP contribution in [-0.4, -0.2) is 13.1 Å². The molecule has 0 aromatic heterocycles. The SMILES string of the molecule is c1ccc(CNC2(c3ccccc3)CCNCC2)cc1. The molecule has 20 heavy (non-hydrogen) atoms. The number of benzene rings is 2. The maximum absolute atomic E-state index is 3.83. The largest absolute Gasteiger partial charge is 0.317 e. The molecule has 1 fully saturated rings. The van der Waals surface area contributed by atoms with Crippen molar-refractivity contribution >= 4 is 0 Å². The number of hydrogen-bond acceptors (Lipinski definition) is 2. The summed E-state index contributed by atoms with van der Waals surface area (Å²) in [4.78, 5) is 0. The van der Waals surface area contributed by atoms with E-state index in [9.17, 15) is 0 Å². The molecule has 0 saturated carbocycles. The first kappa shape index (κ1) is 13.3. The van der Waals surface area contributed by atoms with Crippen molar-refractivity contribution in [3.05, 3.63) is 71.8 Å². The third-order valence-electron chi connectivity index (χ3n) is 4.26. The molecule has 2 aromatic carbocycles. The highest BCUT2D eigenvalue weighted by atomic mass is 15.0. The molecule has 1 saturated heterocycles. The topological polar surface area (TPSA) is 24.1 Å². The Morgan fingerprint density at radius 2 is 1.45 bits per heavy atom. The number of nitrogens with one attached hydrogen (secondary N) is 2. The Morgan fingerprint density at radius 3 is 2.10 bits per heavy atom. The minimum atomic E-state index is 0.113. The molecule has 2 heteroatoms. The second-order valence-electron chi connectivity index (χ2n) is 5.54. The predicted molar refractivity (Wildman–Crippen MR) is 83.5 cm³/mol. The van der Waals surface area contributed by atoms with Crippen LogP contribution in [0.4, 0.5) is 0 Å². The average Bonchev–Trinajstić information content (AvgIpc) is 2.56. The van der Waals surface area contributed by atoms with Crippen molar-refractivity contribution in [3.63, 3.8) is 0 Å². The van der Waals surface area contributed by atoms with Crippen molar-refractivity contribution in [2.75, 3.05) is 13.1 Å². The zero-order valence-corrected chi connectivity index (χ0v) is 11.8. The highest BCUT2D eigenvalue weighted by Crippen LogP contribution is 2.30. The summed E-state index contributed by atoms with van der Waals surface area (Å²) < 4.78 is 0. The van der Waals surface area contributed by atoms with Crippen LogP contribution in [-0.2, 0) is 12.1 Å². The summed E-state index contributed by atoms with van der Waals surface area (Å²) in [6.45, 7) is 3.09. The van der Waals surface area contributed by atoms with Crippen molar-refractivity contribution in [2.45, 2.75) is 24.9 Å². The lowest BCUT2D eigenvalue weighted by Gasteiger charge is -2.39. The highest BCUT2D eigenvalue weighted by Gasteiger charge is 2.32. The predicted octanol–water partition coefficient (Wildman–Crippen LogP) is 3.06. The lowest BCUT2D eigenvalue weighted by atomic mass is 9.81. The van der Waals surface area contributed by atoms with E-state index in [1.54, 1.807) is 0 Å². The third-order valence-corrected chi connectivity index (χ3v) is 4.26. The zero-order chi connectivity index (χ0) is 13.7. The quantitative estimate of drug-likeness (QED) is 0.889. The zero-order valence-electron chi connectivity index (χ0n) is 11.8. The van der Waals surface area contributed by atoms with Gasteiger partial charge in [-0.1, -0.05) is 60.7 Å². The van der Waals surface area contributed by atoms with Crippen LogP contribution in [0.25, 0.3) is 0 Å². The first-order valence-corrected chi connectivity index (χ1v) is 7.44. The molecule has 0 spiro atoms. The first-order valence-electron chi connectivity index (χ1n) is 7.44. The molecule has 3 rings (SSSR count). The minimum absolute atomic E-state index is 0.113. The van der Waals surface area contributed by atoms with E-state index in [2.05, 4.69) is 71.3 Å². The van der Waals surface area contributed by atoms with E-state index in [4.69, 9.17) is 0 Å². The fourth-order valence-electron chi connectivity index (χ4n) is 3.05. The van der Waals surface area contributed by atoms with Crippen LogP contribution in [0.3, 0.4) is 0 Å². The van der Waals surface area contributed by atoms with Crippen LogP contribution >= 0.6 is 0 Å². The van der Waals surface area contributed by atoms with Gasteiger partial charge in [-0.25, -0.2) is 0 Å². The second kappa shape index (κ2) is 6.21. The van der Waals surface area contributed by atoms with Gasteiger partial charge in [0.15, 0.2) is 0 Å². The average molecular weight is 266 g/mol. The maximum atomic E-state index is 3.83. The summed E-state index contributed by atoms with van der Waals surface area (Å²) in [5.41, 5.74) is 2.88. The number of piperidine rings is 1. The Morgan fingerprint density at radius 1 is 0.850 bits per heavy atom. The Hall–Kier alpha value is -1.64. The van der Waals surface area contributed by atoms with E-state index in [-0.39, 0.29) is 5.54 Å². The van der Waals surface area contributed by atoms with Gasteiger partial charge < -0.3 is 10.6 Å². The Bertz CT molecular complexity index is 516. The second-order valence-corrected chi connectivity index (χ2v) is 5.54. The maximum Gasteiger partial charge on any atom is 0.0461 e. The summed E-state index contributed by atoms with van der Waals surface area (Å²) in [6.07, 6.45) is 2.29. The van der Waals surface area contributed by atoms with Crippen LogP contribution in [0.2, 0.25) is 0 Å². The molecular weight excluding hydrogens is 244 g/mol. The summed E-state index contributed by atoms with van der Waals surface area (Å²) in [6, 6.07) is 21.5. The standard InChI is InChI=1S/C18H22N2/c1-3-7-16(8-4-1)15-20-18(11-13-19-14-12-18)17-9-5-2-6-10-17/h1-10,19-20H,11-15H2. The van der Waals surface area contributed by atoms with Gasteiger partial charge in [0.05, 0.1) is 0 Å². The fraction of sp³-hybridized carbons (Fsp3) is 0.333. The van der Waals surface area contributed by atoms with Gasteiger partial charge >= 0.3 is 0 Å². The van der Waals surface area contributed by atoms with Gasteiger partial charge in [-0.3, -0.25) is 0 Å². The molecule has 0 bridgehead atoms. The number of hydrogen-bond donors (Lipinski definition) is 2. The Kier molecular flexibility index (Phi) is 4.14. The molecule has 0 atom stereocenters. The molecule has 0 unspecified atom stereocenters. The molecule has 0 aliphatic carbocycles. The van der Waals surface area contributed by atoms with Gasteiger partial charge in [-0.15, -0.1) is 0 Å². The third kappa shape index (κ3) is 2.92. The lowest BCUT2D eigenvalue weighted by molar-refractivity contribution is 0.243. The summed E-state index contributed by atoms with van der Waals surface area (Å²) >= 11 is 0. The monoisotopic (exact) mass is 266 g/mol. The van der Waals surface area contributed by atoms with Gasteiger partial charge in [0.1, 0.15) is 0 Å². The van der Waals surface area contributed by atoms with Gasteiger partial charge in [-0.2, -0.15) is 0 Å². The minimum Gasteiger partial charge on any atom is -0.317 e. The van der Waals surface area contributed by atoms with E-state index in [1.165, 1.54) is 11.1 Å². The lowest BCUT2D eigenvalue weighted by Crippen LogP contribution is -2.49. The highest BCUT2D eigenvalue weighted by molar-refractivity contribution is 5.26. The van der Waals surface area contributed by atoms with Crippen LogP contribution < -0.4 is 10.6 Å². The summed E-state index contributed by atoms with van der Waals surface area (Å²) in [7, 11) is 0. The molecular formula is C18H22N2. The molecule has 0 radical (unpaired) electrons. The van der Waals surface area contributed by atoms with Crippen LogP contribution in [0, 0.1) is 0 Å². The van der Waals surface area contributed by atoms with Gasteiger partial charge in [0.25, 0.3) is 0 Å². The number of rotatable bonds is 4. The fourth-order valence-corrected chi connectivity index (χ4v) is 3.05. The molecule has 1 aliphatic heterocycles. The van der Waals surface area contributed by atoms with Gasteiger partial charge in [-0.05, 0) is 37.1 Å². The van der Waals surface area contributed by atoms with Gasteiger partial charge in [0.2, 0.25) is 0 Å². The van der Waals surface area contributed by atoms with E-state index < -0.39 is 0 Å². The molecule has 2 aromatic rings.